The topological polar surface area (TPSA) is 105 Å². The molecular weight excluding hydrogens is 360 g/mol. The van der Waals surface area contributed by atoms with Gasteiger partial charge in [-0.25, -0.2) is 0 Å². The van der Waals surface area contributed by atoms with Crippen LogP contribution in [0.3, 0.4) is 0 Å². The highest BCUT2D eigenvalue weighted by molar-refractivity contribution is 4.61. The summed E-state index contributed by atoms with van der Waals surface area (Å²) in [5.74, 6) is 0.304. The molecule has 9 nitrogen and oxygen atoms in total. The second kappa shape index (κ2) is 20.4. The van der Waals surface area contributed by atoms with Gasteiger partial charge in [0.05, 0.1) is 78.8 Å². The first-order valence-electron chi connectivity index (χ1n) is 9.40. The van der Waals surface area contributed by atoms with Gasteiger partial charge in [0.1, 0.15) is 12.9 Å². The summed E-state index contributed by atoms with van der Waals surface area (Å²) in [6, 6.07) is 0. The lowest BCUT2D eigenvalue weighted by Gasteiger charge is -2.17. The average molecular weight is 398 g/mol. The second-order valence-corrected chi connectivity index (χ2v) is 6.13. The van der Waals surface area contributed by atoms with Gasteiger partial charge in [0.2, 0.25) is 0 Å². The normalized spacial score (nSPS) is 15.0. The first-order valence-corrected chi connectivity index (χ1v) is 9.40. The first-order chi connectivity index (χ1) is 13.1. The molecule has 0 rings (SSSR count). The maximum absolute atomic E-state index is 9.28. The molecule has 2 N–H and O–H groups in total. The molecule has 0 saturated heterocycles. The fourth-order valence-corrected chi connectivity index (χ4v) is 1.86. The van der Waals surface area contributed by atoms with Crippen LogP contribution < -0.4 is 0 Å². The van der Waals surface area contributed by atoms with E-state index in [1.165, 1.54) is 0 Å². The van der Waals surface area contributed by atoms with Gasteiger partial charge in [0.15, 0.2) is 0 Å². The van der Waals surface area contributed by atoms with Crippen molar-refractivity contribution in [3.63, 3.8) is 0 Å². The van der Waals surface area contributed by atoms with Crippen molar-refractivity contribution in [3.05, 3.63) is 0 Å². The minimum atomic E-state index is -0.742. The van der Waals surface area contributed by atoms with Gasteiger partial charge in [-0.1, -0.05) is 6.92 Å². The van der Waals surface area contributed by atoms with Gasteiger partial charge in [0.25, 0.3) is 0 Å². The minimum Gasteiger partial charge on any atom is -0.394 e. The van der Waals surface area contributed by atoms with Crippen molar-refractivity contribution in [2.24, 2.45) is 5.92 Å². The molecule has 0 fully saturated rings. The van der Waals surface area contributed by atoms with Crippen LogP contribution in [-0.4, -0.2) is 109 Å². The van der Waals surface area contributed by atoms with E-state index in [0.29, 0.717) is 72.0 Å². The van der Waals surface area contributed by atoms with Crippen LogP contribution >= 0.6 is 0 Å². The van der Waals surface area contributed by atoms with E-state index in [9.17, 15) is 5.11 Å². The third-order valence-corrected chi connectivity index (χ3v) is 3.44. The van der Waals surface area contributed by atoms with Crippen molar-refractivity contribution in [1.82, 2.24) is 0 Å². The van der Waals surface area contributed by atoms with Crippen molar-refractivity contribution in [2.75, 3.05) is 86.6 Å². The molecule has 3 unspecified atom stereocenters. The largest absolute Gasteiger partial charge is 0.394 e. The van der Waals surface area contributed by atoms with Crippen molar-refractivity contribution < 1.29 is 43.4 Å². The number of hydrogen-bond acceptors (Lipinski definition) is 9. The number of aliphatic hydroxyl groups excluding tert-OH is 2. The molecule has 0 bridgehead atoms. The minimum absolute atomic E-state index is 0.00488. The predicted octanol–water partition coefficient (Wildman–Crippen LogP) is 0.0677. The van der Waals surface area contributed by atoms with E-state index in [1.54, 1.807) is 14.0 Å². The zero-order chi connectivity index (χ0) is 20.2. The Labute approximate surface area is 162 Å². The Bertz CT molecular complexity index is 292. The van der Waals surface area contributed by atoms with E-state index >= 15 is 0 Å². The lowest BCUT2D eigenvalue weighted by atomic mass is 10.2. The van der Waals surface area contributed by atoms with E-state index in [1.807, 2.05) is 0 Å². The van der Waals surface area contributed by atoms with Gasteiger partial charge in [0, 0.05) is 13.0 Å². The fourth-order valence-electron chi connectivity index (χ4n) is 1.86. The molecule has 0 saturated carbocycles. The summed E-state index contributed by atoms with van der Waals surface area (Å²) in [6.07, 6.45) is -1.37. The molecule has 0 aliphatic heterocycles. The predicted molar refractivity (Wildman–Crippen MR) is 98.8 cm³/mol. The second-order valence-electron chi connectivity index (χ2n) is 6.13. The zero-order valence-electron chi connectivity index (χ0n) is 17.0. The van der Waals surface area contributed by atoms with Crippen molar-refractivity contribution in [1.29, 1.82) is 0 Å². The Balaban J connectivity index is 3.25. The molecule has 3 atom stereocenters. The van der Waals surface area contributed by atoms with Crippen molar-refractivity contribution in [3.8, 4) is 0 Å². The summed E-state index contributed by atoms with van der Waals surface area (Å²) in [6.45, 7) is 8.71. The Morgan fingerprint density at radius 2 is 1.19 bits per heavy atom. The molecule has 0 amide bonds. The SMILES string of the molecule is COCCOCCOCC(C)COCCOCCOCOC(CO)C(C)O. The van der Waals surface area contributed by atoms with E-state index < -0.39 is 12.2 Å². The monoisotopic (exact) mass is 398 g/mol. The third kappa shape index (κ3) is 18.8. The first kappa shape index (κ1) is 26.6. The standard InChI is InChI=1S/C18H38O9/c1-16(13-24-9-6-22-5-4-21-3)14-25-10-7-23-8-11-26-15-27-18(12-19)17(2)20/h16-20H,4-15H2,1-3H3. The van der Waals surface area contributed by atoms with Gasteiger partial charge < -0.3 is 43.4 Å². The third-order valence-electron chi connectivity index (χ3n) is 3.44. The van der Waals surface area contributed by atoms with Crippen LogP contribution in [0.2, 0.25) is 0 Å². The highest BCUT2D eigenvalue weighted by Crippen LogP contribution is 1.99. The number of rotatable bonds is 21. The maximum atomic E-state index is 9.28. The van der Waals surface area contributed by atoms with Crippen LogP contribution in [0.1, 0.15) is 13.8 Å². The highest BCUT2D eigenvalue weighted by atomic mass is 16.7. The summed E-state index contributed by atoms with van der Waals surface area (Å²) in [4.78, 5) is 0. The smallest absolute Gasteiger partial charge is 0.147 e. The average Bonchev–Trinajstić information content (AvgIpc) is 2.65. The zero-order valence-corrected chi connectivity index (χ0v) is 17.0. The molecule has 0 aromatic carbocycles. The molecular formula is C18H38O9. The van der Waals surface area contributed by atoms with Crippen LogP contribution in [-0.2, 0) is 33.2 Å². The van der Waals surface area contributed by atoms with Gasteiger partial charge in [-0.05, 0) is 6.92 Å². The van der Waals surface area contributed by atoms with Crippen LogP contribution in [0, 0.1) is 5.92 Å². The Hall–Kier alpha value is -0.360. The van der Waals surface area contributed by atoms with E-state index in [2.05, 4.69) is 6.92 Å². The molecule has 164 valence electrons. The van der Waals surface area contributed by atoms with Crippen molar-refractivity contribution in [2.45, 2.75) is 26.1 Å². The Morgan fingerprint density at radius 3 is 1.67 bits per heavy atom. The quantitative estimate of drug-likeness (QED) is 0.205. The van der Waals surface area contributed by atoms with Crippen LogP contribution in [0.15, 0.2) is 0 Å². The molecule has 0 aliphatic carbocycles. The number of ether oxygens (including phenoxy) is 7. The summed E-state index contributed by atoms with van der Waals surface area (Å²) in [7, 11) is 1.64. The Morgan fingerprint density at radius 1 is 0.704 bits per heavy atom. The van der Waals surface area contributed by atoms with Gasteiger partial charge >= 0.3 is 0 Å². The molecule has 0 aliphatic rings. The van der Waals surface area contributed by atoms with E-state index in [4.69, 9.17) is 38.3 Å². The molecule has 0 aromatic heterocycles. The van der Waals surface area contributed by atoms with Gasteiger partial charge in [-0.3, -0.25) is 0 Å². The highest BCUT2D eigenvalue weighted by Gasteiger charge is 2.13. The van der Waals surface area contributed by atoms with Gasteiger partial charge in [-0.2, -0.15) is 0 Å². The molecule has 0 heterocycles. The maximum Gasteiger partial charge on any atom is 0.147 e. The van der Waals surface area contributed by atoms with Gasteiger partial charge in [-0.15, -0.1) is 0 Å². The van der Waals surface area contributed by atoms with Crippen LogP contribution in [0.5, 0.6) is 0 Å². The van der Waals surface area contributed by atoms with Crippen LogP contribution in [0.25, 0.3) is 0 Å². The molecule has 0 radical (unpaired) electrons. The fraction of sp³-hybridized carbons (Fsp3) is 1.00. The number of aliphatic hydroxyl groups is 2. The van der Waals surface area contributed by atoms with Crippen LogP contribution in [0.4, 0.5) is 0 Å². The van der Waals surface area contributed by atoms with Crippen molar-refractivity contribution >= 4 is 0 Å². The molecule has 0 aromatic rings. The number of methoxy groups -OCH3 is 1. The summed E-state index contributed by atoms with van der Waals surface area (Å²) < 4.78 is 37.0. The van der Waals surface area contributed by atoms with E-state index in [-0.39, 0.29) is 13.4 Å². The lowest BCUT2D eigenvalue weighted by Crippen LogP contribution is -2.31. The van der Waals surface area contributed by atoms with E-state index in [0.717, 1.165) is 0 Å². The molecule has 0 spiro atoms. The molecule has 9 heteroatoms. The summed E-state index contributed by atoms with van der Waals surface area (Å²) in [5, 5.41) is 18.2. The molecule has 27 heavy (non-hydrogen) atoms. The Kier molecular flexibility index (Phi) is 20.1. The number of hydrogen-bond donors (Lipinski definition) is 2. The summed E-state index contributed by atoms with van der Waals surface area (Å²) >= 11 is 0. The lowest BCUT2D eigenvalue weighted by molar-refractivity contribution is -0.139. The summed E-state index contributed by atoms with van der Waals surface area (Å²) in [5.41, 5.74) is 0.